The molecule has 1 aliphatic heterocycles. The van der Waals surface area contributed by atoms with Crippen molar-refractivity contribution in [2.45, 2.75) is 45.1 Å². The summed E-state index contributed by atoms with van der Waals surface area (Å²) >= 11 is 0. The van der Waals surface area contributed by atoms with Gasteiger partial charge < -0.3 is 14.7 Å². The molecule has 2 rings (SSSR count). The van der Waals surface area contributed by atoms with E-state index in [1.54, 1.807) is 13.8 Å². The number of carbonyl (C=O) groups excluding carboxylic acids is 1. The van der Waals surface area contributed by atoms with Gasteiger partial charge in [-0.05, 0) is 56.2 Å². The van der Waals surface area contributed by atoms with Gasteiger partial charge in [-0.2, -0.15) is 0 Å². The molecule has 138 valence electrons. The highest BCUT2D eigenvalue weighted by Gasteiger charge is 2.31. The average molecular weight is 355 g/mol. The maximum absolute atomic E-state index is 13.6. The van der Waals surface area contributed by atoms with Gasteiger partial charge in [-0.25, -0.2) is 13.6 Å². The van der Waals surface area contributed by atoms with Crippen LogP contribution in [-0.2, 0) is 9.53 Å². The van der Waals surface area contributed by atoms with Gasteiger partial charge in [0.05, 0.1) is 12.5 Å². The Morgan fingerprint density at radius 2 is 1.76 bits per heavy atom. The molecule has 7 heteroatoms. The van der Waals surface area contributed by atoms with Crippen LogP contribution < -0.4 is 0 Å². The first-order valence-corrected chi connectivity index (χ1v) is 8.39. The molecule has 1 amide bonds. The number of hydrogen-bond acceptors (Lipinski definition) is 3. The zero-order chi connectivity index (χ0) is 18.6. The second-order valence-electron chi connectivity index (χ2n) is 6.66. The number of amides is 1. The topological polar surface area (TPSA) is 66.8 Å². The summed E-state index contributed by atoms with van der Waals surface area (Å²) in [7, 11) is 0. The van der Waals surface area contributed by atoms with Crippen LogP contribution in [0.5, 0.6) is 0 Å². The molecule has 25 heavy (non-hydrogen) atoms. The van der Waals surface area contributed by atoms with Gasteiger partial charge in [0.25, 0.3) is 0 Å². The molecule has 1 unspecified atom stereocenters. The number of piperidine rings is 1. The fourth-order valence-corrected chi connectivity index (χ4v) is 3.33. The Bertz CT molecular complexity index is 607. The number of carbonyl (C=O) groups is 2. The minimum atomic E-state index is -0.981. The second-order valence-corrected chi connectivity index (χ2v) is 6.66. The Kier molecular flexibility index (Phi) is 6.33. The molecule has 0 bridgehead atoms. The van der Waals surface area contributed by atoms with Crippen molar-refractivity contribution < 1.29 is 28.2 Å². The summed E-state index contributed by atoms with van der Waals surface area (Å²) in [5.41, 5.74) is 0.409. The molecule has 0 spiro atoms. The summed E-state index contributed by atoms with van der Waals surface area (Å²) in [5.74, 6) is -2.27. The van der Waals surface area contributed by atoms with Gasteiger partial charge >= 0.3 is 12.1 Å². The Labute approximate surface area is 145 Å². The molecular formula is C18H23F2NO4. The highest BCUT2D eigenvalue weighted by atomic mass is 19.1. The summed E-state index contributed by atoms with van der Waals surface area (Å²) in [6.07, 6.45) is -0.176. The Morgan fingerprint density at radius 1 is 1.20 bits per heavy atom. The molecule has 1 saturated heterocycles. The average Bonchev–Trinajstić information content (AvgIpc) is 2.51. The van der Waals surface area contributed by atoms with Crippen molar-refractivity contribution in [3.8, 4) is 0 Å². The maximum atomic E-state index is 13.6. The van der Waals surface area contributed by atoms with Crippen molar-refractivity contribution in [3.63, 3.8) is 0 Å². The van der Waals surface area contributed by atoms with Crippen LogP contribution in [0.25, 0.3) is 0 Å². The number of rotatable bonds is 5. The Hall–Kier alpha value is -2.18. The van der Waals surface area contributed by atoms with E-state index >= 15 is 0 Å². The Balaban J connectivity index is 2.20. The smallest absolute Gasteiger partial charge is 0.407 e. The number of halogens is 2. The molecule has 1 aromatic rings. The van der Waals surface area contributed by atoms with Crippen LogP contribution in [-0.4, -0.2) is 41.3 Å². The molecule has 5 nitrogen and oxygen atoms in total. The van der Waals surface area contributed by atoms with E-state index in [9.17, 15) is 18.4 Å². The number of carboxylic acid groups (broad SMARTS) is 1. The standard InChI is InChI=1S/C18H23F2NO4/c1-11(2)25-17(22)10-16(13-7-14(19)9-15(20)8-13)12-3-5-21(6-4-12)18(23)24/h7-9,11-12,16H,3-6,10H2,1-2H3,(H,23,24). The number of likely N-dealkylation sites (tertiary alicyclic amines) is 1. The zero-order valence-corrected chi connectivity index (χ0v) is 14.4. The fraction of sp³-hybridized carbons (Fsp3) is 0.556. The third-order valence-electron chi connectivity index (χ3n) is 4.45. The fourth-order valence-electron chi connectivity index (χ4n) is 3.33. The summed E-state index contributed by atoms with van der Waals surface area (Å²) in [4.78, 5) is 24.5. The first-order chi connectivity index (χ1) is 11.8. The van der Waals surface area contributed by atoms with Gasteiger partial charge in [0.1, 0.15) is 11.6 Å². The van der Waals surface area contributed by atoms with Crippen LogP contribution in [0.2, 0.25) is 0 Å². The lowest BCUT2D eigenvalue weighted by molar-refractivity contribution is -0.148. The van der Waals surface area contributed by atoms with E-state index in [4.69, 9.17) is 9.84 Å². The third-order valence-corrected chi connectivity index (χ3v) is 4.45. The van der Waals surface area contributed by atoms with E-state index in [2.05, 4.69) is 0 Å². The van der Waals surface area contributed by atoms with E-state index in [1.165, 1.54) is 17.0 Å². The third kappa shape index (κ3) is 5.41. The molecule has 0 saturated carbocycles. The maximum Gasteiger partial charge on any atom is 0.407 e. The normalized spacial score (nSPS) is 16.8. The van der Waals surface area contributed by atoms with Gasteiger partial charge in [-0.15, -0.1) is 0 Å². The van der Waals surface area contributed by atoms with Gasteiger partial charge in [-0.3, -0.25) is 4.79 Å². The lowest BCUT2D eigenvalue weighted by Crippen LogP contribution is -2.39. The van der Waals surface area contributed by atoms with Crippen LogP contribution in [0.1, 0.15) is 44.6 Å². The van der Waals surface area contributed by atoms with E-state index in [0.29, 0.717) is 31.5 Å². The molecule has 0 radical (unpaired) electrons. The lowest BCUT2D eigenvalue weighted by Gasteiger charge is -2.35. The van der Waals surface area contributed by atoms with Gasteiger partial charge in [0, 0.05) is 19.2 Å². The lowest BCUT2D eigenvalue weighted by atomic mass is 9.78. The van der Waals surface area contributed by atoms with Gasteiger partial charge in [-0.1, -0.05) is 0 Å². The second kappa shape index (κ2) is 8.27. The van der Waals surface area contributed by atoms with Crippen molar-refractivity contribution in [2.75, 3.05) is 13.1 Å². The molecule has 1 N–H and O–H groups in total. The minimum Gasteiger partial charge on any atom is -0.465 e. The van der Waals surface area contributed by atoms with Crippen LogP contribution in [0, 0.1) is 17.6 Å². The SMILES string of the molecule is CC(C)OC(=O)CC(c1cc(F)cc(F)c1)C1CCN(C(=O)O)CC1. The zero-order valence-electron chi connectivity index (χ0n) is 14.4. The first-order valence-electron chi connectivity index (χ1n) is 8.39. The monoisotopic (exact) mass is 355 g/mol. The molecule has 1 fully saturated rings. The summed E-state index contributed by atoms with van der Waals surface area (Å²) < 4.78 is 32.4. The van der Waals surface area contributed by atoms with Crippen molar-refractivity contribution in [2.24, 2.45) is 5.92 Å². The van der Waals surface area contributed by atoms with Gasteiger partial charge in [0.15, 0.2) is 0 Å². The summed E-state index contributed by atoms with van der Waals surface area (Å²) in [5, 5.41) is 9.05. The highest BCUT2D eigenvalue weighted by Crippen LogP contribution is 2.36. The number of ether oxygens (including phenoxy) is 1. The number of nitrogens with zero attached hydrogens (tertiary/aromatic N) is 1. The van der Waals surface area contributed by atoms with E-state index in [0.717, 1.165) is 6.07 Å². The first kappa shape index (κ1) is 19.1. The number of benzene rings is 1. The van der Waals surface area contributed by atoms with Crippen molar-refractivity contribution in [3.05, 3.63) is 35.4 Å². The van der Waals surface area contributed by atoms with Crippen molar-refractivity contribution in [1.82, 2.24) is 4.90 Å². The van der Waals surface area contributed by atoms with E-state index < -0.39 is 29.6 Å². The highest BCUT2D eigenvalue weighted by molar-refractivity contribution is 5.71. The molecule has 1 heterocycles. The quantitative estimate of drug-likeness (QED) is 0.816. The van der Waals surface area contributed by atoms with Crippen LogP contribution in [0.15, 0.2) is 18.2 Å². The minimum absolute atomic E-state index is 0.0127. The molecule has 1 atom stereocenters. The molecule has 0 aromatic heterocycles. The number of esters is 1. The summed E-state index contributed by atoms with van der Waals surface area (Å²) in [6.45, 7) is 4.15. The predicted molar refractivity (Wildman–Crippen MR) is 87.3 cm³/mol. The van der Waals surface area contributed by atoms with Gasteiger partial charge in [0.2, 0.25) is 0 Å². The van der Waals surface area contributed by atoms with Crippen LogP contribution >= 0.6 is 0 Å². The number of hydrogen-bond donors (Lipinski definition) is 1. The summed E-state index contributed by atoms with van der Waals surface area (Å²) in [6, 6.07) is 3.26. The predicted octanol–water partition coefficient (Wildman–Crippen LogP) is 3.78. The molecule has 0 aliphatic carbocycles. The van der Waals surface area contributed by atoms with Crippen LogP contribution in [0.4, 0.5) is 13.6 Å². The van der Waals surface area contributed by atoms with E-state index in [1.807, 2.05) is 0 Å². The van der Waals surface area contributed by atoms with E-state index in [-0.39, 0.29) is 18.4 Å². The molecule has 1 aromatic carbocycles. The molecule has 1 aliphatic rings. The Morgan fingerprint density at radius 3 is 2.24 bits per heavy atom. The van der Waals surface area contributed by atoms with Crippen molar-refractivity contribution >= 4 is 12.1 Å². The molecular weight excluding hydrogens is 332 g/mol. The van der Waals surface area contributed by atoms with Crippen molar-refractivity contribution in [1.29, 1.82) is 0 Å². The largest absolute Gasteiger partial charge is 0.465 e. The van der Waals surface area contributed by atoms with Crippen LogP contribution in [0.3, 0.4) is 0 Å².